The summed E-state index contributed by atoms with van der Waals surface area (Å²) in [6.07, 6.45) is 2.14. The lowest BCUT2D eigenvalue weighted by Crippen LogP contribution is -2.26. The van der Waals surface area contributed by atoms with E-state index in [1.807, 2.05) is 0 Å². The maximum Gasteiger partial charge on any atom is 0.196 e. The van der Waals surface area contributed by atoms with Crippen molar-refractivity contribution in [2.45, 2.75) is 26.7 Å². The highest BCUT2D eigenvalue weighted by Gasteiger charge is 2.35. The summed E-state index contributed by atoms with van der Waals surface area (Å²) in [4.78, 5) is 57.7. The highest BCUT2D eigenvalue weighted by molar-refractivity contribution is 6.30. The van der Waals surface area contributed by atoms with E-state index >= 15 is 0 Å². The van der Waals surface area contributed by atoms with E-state index in [2.05, 4.69) is 15.2 Å². The normalized spacial score (nSPS) is 13.7. The molecule has 2 heterocycles. The zero-order chi connectivity index (χ0) is 25.1. The summed E-state index contributed by atoms with van der Waals surface area (Å²) in [6.45, 7) is 3.38. The second-order valence-electron chi connectivity index (χ2n) is 9.01. The number of carbonyl (C=O) groups excluding carboxylic acids is 4. The Morgan fingerprint density at radius 2 is 1.03 bits per heavy atom. The first-order chi connectivity index (χ1) is 17.4. The maximum atomic E-state index is 13.4. The minimum Gasteiger partial charge on any atom is -0.289 e. The third-order valence-corrected chi connectivity index (χ3v) is 6.94. The molecule has 7 nitrogen and oxygen atoms in total. The van der Waals surface area contributed by atoms with E-state index in [9.17, 15) is 19.2 Å². The fraction of sp³-hybridized carbons (Fsp3) is 0.138. The van der Waals surface area contributed by atoms with Crippen molar-refractivity contribution >= 4 is 23.1 Å². The van der Waals surface area contributed by atoms with Crippen LogP contribution in [0.5, 0.6) is 0 Å². The monoisotopic (exact) mass is 473 g/mol. The van der Waals surface area contributed by atoms with Crippen molar-refractivity contribution in [2.24, 2.45) is 0 Å². The first-order valence-corrected chi connectivity index (χ1v) is 11.6. The van der Waals surface area contributed by atoms with Crippen LogP contribution < -0.4 is 0 Å². The van der Waals surface area contributed by atoms with Crippen molar-refractivity contribution in [3.05, 3.63) is 122 Å². The number of ketones is 4. The Bertz CT molecular complexity index is 1560. The first kappa shape index (κ1) is 21.9. The molecule has 0 bridgehead atoms. The van der Waals surface area contributed by atoms with Crippen LogP contribution in [-0.4, -0.2) is 38.3 Å². The molecule has 0 amide bonds. The highest BCUT2D eigenvalue weighted by atomic mass is 16.1. The molecule has 2 aromatic carbocycles. The molecule has 0 radical (unpaired) electrons. The maximum absolute atomic E-state index is 13.4. The van der Waals surface area contributed by atoms with Crippen LogP contribution >= 0.6 is 0 Å². The van der Waals surface area contributed by atoms with Gasteiger partial charge in [-0.2, -0.15) is 10.2 Å². The Kier molecular flexibility index (Phi) is 4.83. The zero-order valence-electron chi connectivity index (χ0n) is 19.6. The fourth-order valence-corrected chi connectivity index (χ4v) is 5.18. The van der Waals surface area contributed by atoms with Crippen LogP contribution in [-0.2, 0) is 12.8 Å². The third kappa shape index (κ3) is 3.02. The van der Waals surface area contributed by atoms with Gasteiger partial charge in [-0.3, -0.25) is 24.2 Å². The molecule has 2 aliphatic carbocycles. The van der Waals surface area contributed by atoms with Crippen molar-refractivity contribution in [1.82, 2.24) is 15.2 Å². The van der Waals surface area contributed by atoms with E-state index in [-0.39, 0.29) is 40.7 Å². The van der Waals surface area contributed by atoms with Gasteiger partial charge in [-0.1, -0.05) is 48.5 Å². The van der Waals surface area contributed by atoms with Gasteiger partial charge in [0, 0.05) is 39.7 Å². The topological polar surface area (TPSA) is 107 Å². The van der Waals surface area contributed by atoms with Gasteiger partial charge in [-0.05, 0) is 32.3 Å². The smallest absolute Gasteiger partial charge is 0.196 e. The van der Waals surface area contributed by atoms with Gasteiger partial charge in [0.2, 0.25) is 0 Å². The van der Waals surface area contributed by atoms with E-state index in [4.69, 9.17) is 0 Å². The molecule has 6 rings (SSSR count). The predicted octanol–water partition coefficient (Wildman–Crippen LogP) is 3.82. The first-order valence-electron chi connectivity index (χ1n) is 11.6. The van der Waals surface area contributed by atoms with Crippen LogP contribution in [0, 0.1) is 13.8 Å². The molecule has 0 saturated heterocycles. The Labute approximate surface area is 206 Å². The lowest BCUT2D eigenvalue weighted by Gasteiger charge is -2.22. The van der Waals surface area contributed by atoms with Gasteiger partial charge in [0.25, 0.3) is 0 Å². The molecule has 7 heteroatoms. The molecule has 174 valence electrons. The summed E-state index contributed by atoms with van der Waals surface area (Å²) in [5.41, 5.74) is 4.49. The number of hydrogen-bond acceptors (Lipinski definition) is 7. The predicted molar refractivity (Wildman–Crippen MR) is 130 cm³/mol. The number of nitrogens with zero attached hydrogens (tertiary/aromatic N) is 3. The molecule has 0 N–H and O–H groups in total. The molecule has 2 aromatic heterocycles. The minimum atomic E-state index is -0.266. The van der Waals surface area contributed by atoms with Crippen molar-refractivity contribution in [2.75, 3.05) is 0 Å². The molecule has 36 heavy (non-hydrogen) atoms. The molecule has 0 atom stereocenters. The van der Waals surface area contributed by atoms with Gasteiger partial charge < -0.3 is 0 Å². The quantitative estimate of drug-likeness (QED) is 0.385. The van der Waals surface area contributed by atoms with Crippen LogP contribution in [0.3, 0.4) is 0 Å². The number of benzene rings is 2. The van der Waals surface area contributed by atoms with Gasteiger partial charge in [-0.15, -0.1) is 0 Å². The van der Waals surface area contributed by atoms with Gasteiger partial charge in [-0.25, -0.2) is 0 Å². The molecule has 0 saturated carbocycles. The van der Waals surface area contributed by atoms with Crippen LogP contribution in [0.4, 0.5) is 0 Å². The second kappa shape index (κ2) is 7.95. The number of carbonyl (C=O) groups is 4. The largest absolute Gasteiger partial charge is 0.289 e. The lowest BCUT2D eigenvalue weighted by atomic mass is 9.80. The molecule has 0 aliphatic heterocycles. The third-order valence-electron chi connectivity index (χ3n) is 6.94. The van der Waals surface area contributed by atoms with Crippen LogP contribution in [0.1, 0.15) is 86.3 Å². The van der Waals surface area contributed by atoms with E-state index in [1.165, 1.54) is 0 Å². The van der Waals surface area contributed by atoms with Crippen molar-refractivity contribution < 1.29 is 19.2 Å². The highest BCUT2D eigenvalue weighted by Crippen LogP contribution is 2.33. The number of aryl methyl sites for hydroxylation is 4. The van der Waals surface area contributed by atoms with E-state index in [1.54, 1.807) is 68.6 Å². The average Bonchev–Trinajstić information content (AvgIpc) is 2.90. The summed E-state index contributed by atoms with van der Waals surface area (Å²) in [5, 5.41) is 8.43. The van der Waals surface area contributed by atoms with Gasteiger partial charge in [0.15, 0.2) is 23.1 Å². The average molecular weight is 473 g/mol. The number of fused-ring (bicyclic) bond motifs is 4. The number of rotatable bonds is 3. The van der Waals surface area contributed by atoms with E-state index < -0.39 is 0 Å². The summed E-state index contributed by atoms with van der Waals surface area (Å²) in [7, 11) is 0. The summed E-state index contributed by atoms with van der Waals surface area (Å²) >= 11 is 0. The van der Waals surface area contributed by atoms with E-state index in [0.29, 0.717) is 62.4 Å². The van der Waals surface area contributed by atoms with Gasteiger partial charge in [0.1, 0.15) is 0 Å². The number of pyridine rings is 1. The van der Waals surface area contributed by atoms with Crippen LogP contribution in [0.25, 0.3) is 0 Å². The summed E-state index contributed by atoms with van der Waals surface area (Å²) < 4.78 is 0. The molecule has 2 aliphatic rings. The molecule has 4 aromatic rings. The molecular formula is C29H19N3O4. The lowest BCUT2D eigenvalue weighted by molar-refractivity contribution is 0.0976. The minimum absolute atomic E-state index is 0.224. The molecule has 0 unspecified atom stereocenters. The van der Waals surface area contributed by atoms with E-state index in [0.717, 1.165) is 0 Å². The summed E-state index contributed by atoms with van der Waals surface area (Å²) in [6, 6.07) is 13.5. The van der Waals surface area contributed by atoms with Crippen LogP contribution in [0.2, 0.25) is 0 Å². The SMILES string of the molecule is Cc1ncc(CCc2nnc(C)c3c2C(=O)c2ccccc2C3=O)c2c1C(=O)c1ccccc1C2=O. The molecule has 0 spiro atoms. The van der Waals surface area contributed by atoms with Crippen LogP contribution in [0.15, 0.2) is 54.7 Å². The van der Waals surface area contributed by atoms with Gasteiger partial charge >= 0.3 is 0 Å². The zero-order valence-corrected chi connectivity index (χ0v) is 19.6. The number of hydrogen-bond donors (Lipinski definition) is 0. The van der Waals surface area contributed by atoms with Crippen molar-refractivity contribution in [1.29, 1.82) is 0 Å². The van der Waals surface area contributed by atoms with Crippen molar-refractivity contribution in [3.8, 4) is 0 Å². The standard InChI is InChI=1S/C29H19N3O4/c1-14-22-24(28(35)19-9-5-3-7-17(19)26(22)33)16(13-30-14)11-12-21-25-23(15(2)31-32-21)27(34)18-8-4-6-10-20(18)29(25)36/h3-10,13H,11-12H2,1-2H3. The Hall–Kier alpha value is -4.65. The Morgan fingerprint density at radius 3 is 1.58 bits per heavy atom. The number of aromatic nitrogens is 3. The van der Waals surface area contributed by atoms with Crippen molar-refractivity contribution in [3.63, 3.8) is 0 Å². The molecular weight excluding hydrogens is 454 g/mol. The fourth-order valence-electron chi connectivity index (χ4n) is 5.18. The second-order valence-corrected chi connectivity index (χ2v) is 9.01. The van der Waals surface area contributed by atoms with Gasteiger partial charge in [0.05, 0.1) is 28.1 Å². The Balaban J connectivity index is 1.43. The molecule has 0 fully saturated rings. The summed E-state index contributed by atoms with van der Waals surface area (Å²) in [5.74, 6) is -0.965. The Morgan fingerprint density at radius 1 is 0.556 bits per heavy atom.